The zero-order valence-electron chi connectivity index (χ0n) is 30.7. The van der Waals surface area contributed by atoms with Gasteiger partial charge in [0.2, 0.25) is 11.6 Å². The fraction of sp³-hybridized carbons (Fsp3) is 0. The maximum absolute atomic E-state index is 5.15. The van der Waals surface area contributed by atoms with Crippen LogP contribution in [0.5, 0.6) is 0 Å². The largest absolute Gasteiger partial charge is 0.310 e. The SMILES string of the molecule is c1ccc(-c2ccc(N(c3ccc(-n4c5ccccc5n5c6ccccc6nc45)cc3)c3ccc4c(c3)n3c5ccccc5nc3n4-c3ccccc3)cc2)cc1. The van der Waals surface area contributed by atoms with Crippen molar-refractivity contribution in [2.45, 2.75) is 0 Å². The minimum atomic E-state index is 0.884. The van der Waals surface area contributed by atoms with Crippen molar-refractivity contribution in [1.82, 2.24) is 27.9 Å². The molecule has 0 saturated carbocycles. The smallest absolute Gasteiger partial charge is 0.220 e. The minimum Gasteiger partial charge on any atom is -0.310 e. The van der Waals surface area contributed by atoms with Gasteiger partial charge in [-0.15, -0.1) is 0 Å². The lowest BCUT2D eigenvalue weighted by atomic mass is 10.0. The van der Waals surface area contributed by atoms with Crippen molar-refractivity contribution in [3.8, 4) is 22.5 Å². The van der Waals surface area contributed by atoms with Gasteiger partial charge in [-0.05, 0) is 114 Å². The molecule has 0 atom stereocenters. The summed E-state index contributed by atoms with van der Waals surface area (Å²) in [5.74, 6) is 1.78. The predicted molar refractivity (Wildman–Crippen MR) is 233 cm³/mol. The highest BCUT2D eigenvalue weighted by atomic mass is 15.2. The Morgan fingerprint density at radius 1 is 0.316 bits per heavy atom. The summed E-state index contributed by atoms with van der Waals surface area (Å²) in [6.45, 7) is 0. The summed E-state index contributed by atoms with van der Waals surface area (Å²) in [4.78, 5) is 12.6. The van der Waals surface area contributed by atoms with Crippen LogP contribution in [0.4, 0.5) is 17.1 Å². The van der Waals surface area contributed by atoms with E-state index in [1.807, 2.05) is 6.07 Å². The average molecular weight is 732 g/mol. The average Bonchev–Trinajstić information content (AvgIpc) is 4.01. The van der Waals surface area contributed by atoms with Gasteiger partial charge in [-0.25, -0.2) is 9.97 Å². The summed E-state index contributed by atoms with van der Waals surface area (Å²) in [5, 5.41) is 0. The van der Waals surface area contributed by atoms with E-state index in [0.717, 1.165) is 84.1 Å². The summed E-state index contributed by atoms with van der Waals surface area (Å²) >= 11 is 0. The van der Waals surface area contributed by atoms with Crippen molar-refractivity contribution >= 4 is 72.8 Å². The normalized spacial score (nSPS) is 11.9. The van der Waals surface area contributed by atoms with Crippen LogP contribution in [0.15, 0.2) is 200 Å². The lowest BCUT2D eigenvalue weighted by Crippen LogP contribution is -2.10. The van der Waals surface area contributed by atoms with Crippen molar-refractivity contribution in [3.05, 3.63) is 200 Å². The summed E-state index contributed by atoms with van der Waals surface area (Å²) in [6, 6.07) is 70.7. The number of para-hydroxylation sites is 7. The summed E-state index contributed by atoms with van der Waals surface area (Å²) in [6.07, 6.45) is 0. The van der Waals surface area contributed by atoms with Gasteiger partial charge in [-0.3, -0.25) is 17.9 Å². The topological polar surface area (TPSA) is 47.7 Å². The molecule has 8 aromatic carbocycles. The maximum Gasteiger partial charge on any atom is 0.220 e. The Morgan fingerprint density at radius 2 is 0.754 bits per heavy atom. The molecule has 0 saturated heterocycles. The number of imidazole rings is 4. The monoisotopic (exact) mass is 731 g/mol. The van der Waals surface area contributed by atoms with Gasteiger partial charge >= 0.3 is 0 Å². The molecule has 7 heteroatoms. The molecule has 0 bridgehead atoms. The van der Waals surface area contributed by atoms with Gasteiger partial charge in [0.25, 0.3) is 0 Å². The molecule has 4 aromatic heterocycles. The summed E-state index contributed by atoms with van der Waals surface area (Å²) in [5.41, 5.74) is 16.1. The maximum atomic E-state index is 5.15. The Bertz CT molecular complexity index is 3440. The van der Waals surface area contributed by atoms with Gasteiger partial charge < -0.3 is 4.90 Å². The van der Waals surface area contributed by atoms with Gasteiger partial charge in [0.1, 0.15) is 0 Å². The van der Waals surface area contributed by atoms with Crippen LogP contribution in [0, 0.1) is 0 Å². The molecule has 0 aliphatic rings. The molecular weight excluding hydrogens is 699 g/mol. The Hall–Kier alpha value is -7.90. The molecule has 12 rings (SSSR count). The first kappa shape index (κ1) is 31.5. The number of aromatic nitrogens is 6. The number of benzene rings is 8. The molecule has 57 heavy (non-hydrogen) atoms. The second-order valence-corrected chi connectivity index (χ2v) is 14.4. The number of anilines is 3. The minimum absolute atomic E-state index is 0.884. The number of hydrogen-bond donors (Lipinski definition) is 0. The van der Waals surface area contributed by atoms with Gasteiger partial charge in [-0.1, -0.05) is 97.1 Å². The molecule has 0 aliphatic carbocycles. The first-order chi connectivity index (χ1) is 28.3. The van der Waals surface area contributed by atoms with E-state index in [9.17, 15) is 0 Å². The van der Waals surface area contributed by atoms with E-state index >= 15 is 0 Å². The molecular formula is C50H33N7. The number of rotatable bonds is 6. The number of fused-ring (bicyclic) bond motifs is 10. The van der Waals surface area contributed by atoms with Gasteiger partial charge in [-0.2, -0.15) is 0 Å². The molecule has 0 unspecified atom stereocenters. The van der Waals surface area contributed by atoms with Crippen LogP contribution in [-0.4, -0.2) is 27.9 Å². The van der Waals surface area contributed by atoms with E-state index in [4.69, 9.17) is 9.97 Å². The van der Waals surface area contributed by atoms with Crippen LogP contribution in [0.25, 0.3) is 78.2 Å². The Kier molecular flexibility index (Phi) is 6.79. The molecule has 0 fully saturated rings. The molecule has 0 radical (unpaired) electrons. The zero-order chi connectivity index (χ0) is 37.5. The van der Waals surface area contributed by atoms with Crippen molar-refractivity contribution in [1.29, 1.82) is 0 Å². The molecule has 0 aliphatic heterocycles. The highest BCUT2D eigenvalue weighted by molar-refractivity contribution is 5.96. The van der Waals surface area contributed by atoms with Crippen molar-refractivity contribution in [2.24, 2.45) is 0 Å². The third-order valence-electron chi connectivity index (χ3n) is 11.2. The molecule has 268 valence electrons. The van der Waals surface area contributed by atoms with Crippen molar-refractivity contribution in [3.63, 3.8) is 0 Å². The van der Waals surface area contributed by atoms with Crippen LogP contribution >= 0.6 is 0 Å². The fourth-order valence-corrected chi connectivity index (χ4v) is 8.60. The third-order valence-corrected chi connectivity index (χ3v) is 11.2. The second kappa shape index (κ2) is 12.3. The van der Waals surface area contributed by atoms with Crippen LogP contribution < -0.4 is 4.90 Å². The predicted octanol–water partition coefficient (Wildman–Crippen LogP) is 12.3. The molecule has 12 aromatic rings. The van der Waals surface area contributed by atoms with Crippen LogP contribution in [-0.2, 0) is 0 Å². The quantitative estimate of drug-likeness (QED) is 0.171. The van der Waals surface area contributed by atoms with E-state index in [1.165, 1.54) is 11.1 Å². The lowest BCUT2D eigenvalue weighted by Gasteiger charge is -2.26. The molecule has 0 N–H and O–H groups in total. The molecule has 0 amide bonds. The van der Waals surface area contributed by atoms with E-state index < -0.39 is 0 Å². The Labute approximate surface area is 327 Å². The van der Waals surface area contributed by atoms with Gasteiger partial charge in [0.15, 0.2) is 0 Å². The first-order valence-corrected chi connectivity index (χ1v) is 19.2. The third kappa shape index (κ3) is 4.79. The van der Waals surface area contributed by atoms with Crippen LogP contribution in [0.1, 0.15) is 0 Å². The van der Waals surface area contributed by atoms with Crippen LogP contribution in [0.2, 0.25) is 0 Å². The van der Waals surface area contributed by atoms with Crippen molar-refractivity contribution in [2.75, 3.05) is 4.90 Å². The standard InChI is InChI=1S/C50H33N7/c1-3-13-34(14-4-1)35-23-25-37(26-24-35)53(38-27-29-39(30-28-38)55-45-21-11-12-22-46(45)56-43-19-9-7-17-41(43)51-49(55)56)40-31-32-47-48(33-40)57-44-20-10-8-18-42(44)52-50(57)54(47)36-15-5-2-6-16-36/h1-33H. The first-order valence-electron chi connectivity index (χ1n) is 19.2. The number of hydrogen-bond acceptors (Lipinski definition) is 3. The fourth-order valence-electron chi connectivity index (χ4n) is 8.60. The second-order valence-electron chi connectivity index (χ2n) is 14.4. The molecule has 0 spiro atoms. The summed E-state index contributed by atoms with van der Waals surface area (Å²) < 4.78 is 9.07. The summed E-state index contributed by atoms with van der Waals surface area (Å²) in [7, 11) is 0. The molecule has 7 nitrogen and oxygen atoms in total. The van der Waals surface area contributed by atoms with E-state index in [2.05, 4.69) is 217 Å². The Morgan fingerprint density at radius 3 is 1.39 bits per heavy atom. The van der Waals surface area contributed by atoms with E-state index in [0.29, 0.717) is 0 Å². The lowest BCUT2D eigenvalue weighted by molar-refractivity contribution is 1.11. The van der Waals surface area contributed by atoms with Crippen LogP contribution in [0.3, 0.4) is 0 Å². The van der Waals surface area contributed by atoms with E-state index in [-0.39, 0.29) is 0 Å². The van der Waals surface area contributed by atoms with Gasteiger partial charge in [0.05, 0.1) is 44.1 Å². The van der Waals surface area contributed by atoms with Gasteiger partial charge in [0, 0.05) is 28.4 Å². The van der Waals surface area contributed by atoms with Crippen molar-refractivity contribution < 1.29 is 0 Å². The Balaban J connectivity index is 1.05. The highest BCUT2D eigenvalue weighted by Crippen LogP contribution is 2.40. The van der Waals surface area contributed by atoms with E-state index in [1.54, 1.807) is 0 Å². The highest BCUT2D eigenvalue weighted by Gasteiger charge is 2.21. The number of nitrogens with zero attached hydrogens (tertiary/aromatic N) is 7. The molecule has 4 heterocycles. The zero-order valence-corrected chi connectivity index (χ0v) is 30.7.